The van der Waals surface area contributed by atoms with E-state index < -0.39 is 18.5 Å². The molecule has 0 spiro atoms. The van der Waals surface area contributed by atoms with Crippen molar-refractivity contribution in [1.29, 1.82) is 0 Å². The van der Waals surface area contributed by atoms with E-state index in [0.717, 1.165) is 43.6 Å². The average molecular weight is 397 g/mol. The van der Waals surface area contributed by atoms with Crippen molar-refractivity contribution in [2.24, 2.45) is 5.92 Å². The molecule has 28 heavy (non-hydrogen) atoms. The van der Waals surface area contributed by atoms with Gasteiger partial charge in [0.25, 0.3) is 5.56 Å². The van der Waals surface area contributed by atoms with Crippen LogP contribution >= 0.6 is 0 Å². The zero-order chi connectivity index (χ0) is 19.9. The van der Waals surface area contributed by atoms with Crippen molar-refractivity contribution in [2.75, 3.05) is 26.2 Å². The fraction of sp³-hybridized carbons (Fsp3) is 0.700. The third kappa shape index (κ3) is 4.11. The predicted molar refractivity (Wildman–Crippen MR) is 97.9 cm³/mol. The highest BCUT2D eigenvalue weighted by molar-refractivity contribution is 5.77. The Morgan fingerprint density at radius 2 is 1.82 bits per heavy atom. The normalized spacial score (nSPS) is 25.5. The van der Waals surface area contributed by atoms with E-state index in [4.69, 9.17) is 0 Å². The van der Waals surface area contributed by atoms with Crippen LogP contribution in [0, 0.1) is 5.92 Å². The number of hydrogen-bond donors (Lipinski definition) is 0. The van der Waals surface area contributed by atoms with Crippen LogP contribution in [0.2, 0.25) is 0 Å². The quantitative estimate of drug-likeness (QED) is 0.788. The van der Waals surface area contributed by atoms with Crippen LogP contribution in [0.3, 0.4) is 0 Å². The number of piperidine rings is 2. The minimum atomic E-state index is -4.48. The number of amides is 1. The second-order valence-corrected chi connectivity index (χ2v) is 8.43. The number of fused-ring (bicyclic) bond motifs is 4. The number of halogens is 3. The highest BCUT2D eigenvalue weighted by Crippen LogP contribution is 2.36. The lowest BCUT2D eigenvalue weighted by Gasteiger charge is -2.43. The third-order valence-electron chi connectivity index (χ3n) is 6.23. The molecule has 0 saturated carbocycles. The predicted octanol–water partition coefficient (Wildman–Crippen LogP) is 2.73. The first-order valence-corrected chi connectivity index (χ1v) is 10.1. The number of alkyl halides is 3. The van der Waals surface area contributed by atoms with Gasteiger partial charge in [-0.15, -0.1) is 0 Å². The summed E-state index contributed by atoms with van der Waals surface area (Å²) in [6.45, 7) is 3.73. The minimum absolute atomic E-state index is 0.0211. The lowest BCUT2D eigenvalue weighted by molar-refractivity contribution is -0.163. The number of hydrogen-bond acceptors (Lipinski definition) is 3. The van der Waals surface area contributed by atoms with Gasteiger partial charge in [0.1, 0.15) is 6.42 Å². The summed E-state index contributed by atoms with van der Waals surface area (Å²) < 4.78 is 39.6. The topological polar surface area (TPSA) is 45.6 Å². The summed E-state index contributed by atoms with van der Waals surface area (Å²) in [5.74, 6) is -0.896. The van der Waals surface area contributed by atoms with E-state index in [-0.39, 0.29) is 23.9 Å². The Morgan fingerprint density at radius 3 is 2.54 bits per heavy atom. The Hall–Kier alpha value is -1.83. The first kappa shape index (κ1) is 19.5. The number of aromatic nitrogens is 1. The molecular weight excluding hydrogens is 371 g/mol. The molecule has 2 fully saturated rings. The van der Waals surface area contributed by atoms with Crippen LogP contribution in [0.25, 0.3) is 0 Å². The van der Waals surface area contributed by atoms with Crippen LogP contribution in [0.1, 0.15) is 49.3 Å². The SMILES string of the molecule is O=C(CC(F)(F)F)N1C[C@@H]2C[C@H](C1)c1ccc(CN3CCCCC3)c(=O)n1C2. The summed E-state index contributed by atoms with van der Waals surface area (Å²) in [6, 6.07) is 3.82. The molecule has 1 amide bonds. The molecule has 3 aliphatic heterocycles. The zero-order valence-electron chi connectivity index (χ0n) is 15.9. The highest BCUT2D eigenvalue weighted by atomic mass is 19.4. The van der Waals surface area contributed by atoms with Gasteiger partial charge in [-0.25, -0.2) is 0 Å². The maximum absolute atomic E-state index is 13.0. The number of rotatable bonds is 3. The summed E-state index contributed by atoms with van der Waals surface area (Å²) >= 11 is 0. The van der Waals surface area contributed by atoms with Gasteiger partial charge in [0.2, 0.25) is 5.91 Å². The van der Waals surface area contributed by atoms with Crippen molar-refractivity contribution in [3.63, 3.8) is 0 Å². The van der Waals surface area contributed by atoms with Crippen molar-refractivity contribution in [1.82, 2.24) is 14.4 Å². The molecule has 8 heteroatoms. The van der Waals surface area contributed by atoms with Crippen LogP contribution in [-0.2, 0) is 17.9 Å². The van der Waals surface area contributed by atoms with Gasteiger partial charge in [0, 0.05) is 43.4 Å². The van der Waals surface area contributed by atoms with Crippen molar-refractivity contribution in [2.45, 2.75) is 57.3 Å². The van der Waals surface area contributed by atoms with Crippen LogP contribution in [0.15, 0.2) is 16.9 Å². The second kappa shape index (κ2) is 7.54. The van der Waals surface area contributed by atoms with Gasteiger partial charge >= 0.3 is 6.18 Å². The Balaban J connectivity index is 1.52. The molecule has 5 nitrogen and oxygen atoms in total. The molecule has 2 saturated heterocycles. The first-order valence-electron chi connectivity index (χ1n) is 10.1. The first-order chi connectivity index (χ1) is 13.3. The van der Waals surface area contributed by atoms with Gasteiger partial charge in [-0.3, -0.25) is 14.5 Å². The molecule has 0 N–H and O–H groups in total. The summed E-state index contributed by atoms with van der Waals surface area (Å²) in [5, 5.41) is 0. The van der Waals surface area contributed by atoms with Crippen molar-refractivity contribution in [3.05, 3.63) is 33.7 Å². The minimum Gasteiger partial charge on any atom is -0.341 e. The Kier molecular flexibility index (Phi) is 5.24. The number of carbonyl (C=O) groups is 1. The highest BCUT2D eigenvalue weighted by Gasteiger charge is 2.40. The zero-order valence-corrected chi connectivity index (χ0v) is 15.9. The van der Waals surface area contributed by atoms with E-state index in [2.05, 4.69) is 4.90 Å². The summed E-state index contributed by atoms with van der Waals surface area (Å²) in [6.07, 6.45) is -1.50. The molecule has 154 valence electrons. The molecule has 4 heterocycles. The molecule has 0 unspecified atom stereocenters. The number of carbonyl (C=O) groups excluding carboxylic acids is 1. The number of nitrogens with zero attached hydrogens (tertiary/aromatic N) is 3. The Labute approximate surface area is 162 Å². The second-order valence-electron chi connectivity index (χ2n) is 8.43. The molecule has 1 aromatic rings. The molecule has 0 aliphatic carbocycles. The molecule has 2 bridgehead atoms. The van der Waals surface area contributed by atoms with Gasteiger partial charge in [-0.1, -0.05) is 12.5 Å². The summed E-state index contributed by atoms with van der Waals surface area (Å²) in [4.78, 5) is 28.7. The van der Waals surface area contributed by atoms with E-state index >= 15 is 0 Å². The standard InChI is InChI=1S/C20H26F3N3O2/c21-20(22,23)9-18(27)25-10-14-8-16(13-25)17-5-4-15(19(28)26(17)11-14)12-24-6-2-1-3-7-24/h4-5,14,16H,1-3,6-13H2/t14-,16+/m0/s1. The van der Waals surface area contributed by atoms with Crippen molar-refractivity contribution >= 4 is 5.91 Å². The van der Waals surface area contributed by atoms with Gasteiger partial charge in [-0.05, 0) is 44.3 Å². The van der Waals surface area contributed by atoms with Gasteiger partial charge < -0.3 is 9.47 Å². The summed E-state index contributed by atoms with van der Waals surface area (Å²) in [5.41, 5.74) is 1.66. The smallest absolute Gasteiger partial charge is 0.341 e. The van der Waals surface area contributed by atoms with E-state index in [0.29, 0.717) is 19.6 Å². The lowest BCUT2D eigenvalue weighted by atomic mass is 9.83. The van der Waals surface area contributed by atoms with Gasteiger partial charge in [-0.2, -0.15) is 13.2 Å². The van der Waals surface area contributed by atoms with Crippen molar-refractivity contribution in [3.8, 4) is 0 Å². The van der Waals surface area contributed by atoms with Crippen LogP contribution in [0.5, 0.6) is 0 Å². The monoisotopic (exact) mass is 397 g/mol. The Bertz CT molecular complexity index is 799. The van der Waals surface area contributed by atoms with E-state index in [1.807, 2.05) is 16.7 Å². The van der Waals surface area contributed by atoms with Gasteiger partial charge in [0.15, 0.2) is 0 Å². The number of pyridine rings is 1. The van der Waals surface area contributed by atoms with E-state index in [9.17, 15) is 22.8 Å². The molecule has 2 atom stereocenters. The summed E-state index contributed by atoms with van der Waals surface area (Å²) in [7, 11) is 0. The molecular formula is C20H26F3N3O2. The van der Waals surface area contributed by atoms with Crippen molar-refractivity contribution < 1.29 is 18.0 Å². The average Bonchev–Trinajstić information content (AvgIpc) is 2.64. The molecule has 3 aliphatic rings. The lowest BCUT2D eigenvalue weighted by Crippen LogP contribution is -2.50. The van der Waals surface area contributed by atoms with Gasteiger partial charge in [0.05, 0.1) is 0 Å². The molecule has 4 rings (SSSR count). The largest absolute Gasteiger partial charge is 0.397 e. The van der Waals surface area contributed by atoms with E-state index in [1.165, 1.54) is 11.3 Å². The molecule has 0 radical (unpaired) electrons. The van der Waals surface area contributed by atoms with E-state index in [1.54, 1.807) is 0 Å². The Morgan fingerprint density at radius 1 is 1.07 bits per heavy atom. The number of likely N-dealkylation sites (tertiary alicyclic amines) is 2. The molecule has 1 aromatic heterocycles. The maximum atomic E-state index is 13.0. The fourth-order valence-electron chi connectivity index (χ4n) is 4.96. The maximum Gasteiger partial charge on any atom is 0.397 e. The van der Waals surface area contributed by atoms with Crippen LogP contribution in [-0.4, -0.2) is 52.6 Å². The fourth-order valence-corrected chi connectivity index (χ4v) is 4.96. The van der Waals surface area contributed by atoms with Crippen LogP contribution in [0.4, 0.5) is 13.2 Å². The third-order valence-corrected chi connectivity index (χ3v) is 6.23. The van der Waals surface area contributed by atoms with Crippen LogP contribution < -0.4 is 5.56 Å². The molecule has 0 aromatic carbocycles.